The molecule has 0 saturated carbocycles. The molecule has 2 aromatic rings. The summed E-state index contributed by atoms with van der Waals surface area (Å²) < 4.78 is 11.1. The fourth-order valence-corrected chi connectivity index (χ4v) is 2.96. The van der Waals surface area contributed by atoms with E-state index in [4.69, 9.17) is 9.47 Å². The fourth-order valence-electron chi connectivity index (χ4n) is 2.96. The van der Waals surface area contributed by atoms with Crippen LogP contribution in [0.5, 0.6) is 11.5 Å². The van der Waals surface area contributed by atoms with Crippen molar-refractivity contribution in [2.24, 2.45) is 0 Å². The van der Waals surface area contributed by atoms with E-state index >= 15 is 0 Å². The van der Waals surface area contributed by atoms with Gasteiger partial charge in [0.05, 0.1) is 19.8 Å². The minimum Gasteiger partial charge on any atom is -0.490 e. The molecule has 0 fully saturated rings. The Morgan fingerprint density at radius 1 is 0.938 bits per heavy atom. The maximum absolute atomic E-state index is 12.3. The Morgan fingerprint density at radius 2 is 1.62 bits per heavy atom. The second-order valence-electron chi connectivity index (χ2n) is 7.05. The topological polar surface area (TPSA) is 97.0 Å². The number of ether oxygens (including phenoxy) is 2. The molecule has 2 aromatic carbocycles. The Bertz CT molecular complexity index is 902. The third-order valence-electron chi connectivity index (χ3n) is 4.52. The molecule has 0 atom stereocenters. The molecule has 0 spiro atoms. The molecule has 0 bridgehead atoms. The van der Waals surface area contributed by atoms with Crippen LogP contribution in [0.3, 0.4) is 0 Å². The molecule has 2 rings (SSSR count). The van der Waals surface area contributed by atoms with Crippen LogP contribution in [0.2, 0.25) is 0 Å². The van der Waals surface area contributed by atoms with Crippen molar-refractivity contribution in [2.45, 2.75) is 26.7 Å². The van der Waals surface area contributed by atoms with Crippen LogP contribution < -0.4 is 20.1 Å². The average Bonchev–Trinajstić information content (AvgIpc) is 2.79. The summed E-state index contributed by atoms with van der Waals surface area (Å²) in [4.78, 5) is 38.0. The molecule has 0 radical (unpaired) electrons. The number of hydrogen-bond donors (Lipinski definition) is 2. The molecule has 172 valence electrons. The van der Waals surface area contributed by atoms with Crippen molar-refractivity contribution >= 4 is 23.4 Å². The highest BCUT2D eigenvalue weighted by atomic mass is 16.5. The molecular formula is C24H31N3O5. The molecule has 3 amide bonds. The lowest BCUT2D eigenvalue weighted by Crippen LogP contribution is -2.35. The number of likely N-dealkylation sites (N-methyl/N-ethyl adjacent to an activating group) is 1. The lowest BCUT2D eigenvalue weighted by molar-refractivity contribution is -0.133. The second kappa shape index (κ2) is 13.0. The molecule has 0 unspecified atom stereocenters. The Kier molecular flexibility index (Phi) is 10.0. The Balaban J connectivity index is 1.76. The zero-order valence-electron chi connectivity index (χ0n) is 18.8. The van der Waals surface area contributed by atoms with Crippen LogP contribution in [0.25, 0.3) is 0 Å². The molecule has 0 aliphatic carbocycles. The van der Waals surface area contributed by atoms with Crippen LogP contribution in [0, 0.1) is 0 Å². The van der Waals surface area contributed by atoms with Gasteiger partial charge < -0.3 is 25.0 Å². The number of anilines is 1. The van der Waals surface area contributed by atoms with E-state index in [2.05, 4.69) is 10.6 Å². The highest BCUT2D eigenvalue weighted by Crippen LogP contribution is 2.30. The van der Waals surface area contributed by atoms with Crippen LogP contribution in [0.15, 0.2) is 48.5 Å². The van der Waals surface area contributed by atoms with Gasteiger partial charge in [0.2, 0.25) is 11.8 Å². The number of benzene rings is 2. The second-order valence-corrected chi connectivity index (χ2v) is 7.05. The van der Waals surface area contributed by atoms with Crippen LogP contribution >= 0.6 is 0 Å². The van der Waals surface area contributed by atoms with E-state index in [9.17, 15) is 14.4 Å². The van der Waals surface area contributed by atoms with E-state index in [1.165, 1.54) is 4.90 Å². The smallest absolute Gasteiger partial charge is 0.251 e. The summed E-state index contributed by atoms with van der Waals surface area (Å²) in [5, 5.41) is 5.56. The molecule has 8 heteroatoms. The average molecular weight is 442 g/mol. The van der Waals surface area contributed by atoms with E-state index in [1.54, 1.807) is 49.5 Å². The van der Waals surface area contributed by atoms with Gasteiger partial charge >= 0.3 is 0 Å². The minimum absolute atomic E-state index is 0.0770. The van der Waals surface area contributed by atoms with Crippen molar-refractivity contribution in [3.8, 4) is 11.5 Å². The number of hydrogen-bond acceptors (Lipinski definition) is 5. The van der Waals surface area contributed by atoms with E-state index in [0.717, 1.165) is 0 Å². The molecule has 0 saturated heterocycles. The first-order valence-electron chi connectivity index (χ1n) is 10.7. The molecular weight excluding hydrogens is 410 g/mol. The minimum atomic E-state index is -0.315. The van der Waals surface area contributed by atoms with Crippen molar-refractivity contribution in [1.29, 1.82) is 0 Å². The summed E-state index contributed by atoms with van der Waals surface area (Å²) in [7, 11) is 1.58. The van der Waals surface area contributed by atoms with Gasteiger partial charge in [-0.25, -0.2) is 0 Å². The Hall–Kier alpha value is -3.55. The van der Waals surface area contributed by atoms with Gasteiger partial charge in [0.25, 0.3) is 5.91 Å². The van der Waals surface area contributed by atoms with Crippen molar-refractivity contribution in [2.75, 3.05) is 38.7 Å². The first kappa shape index (κ1) is 24.7. The molecule has 0 heterocycles. The highest BCUT2D eigenvalue weighted by Gasteiger charge is 2.14. The Labute approximate surface area is 188 Å². The number of rotatable bonds is 12. The molecule has 8 nitrogen and oxygen atoms in total. The van der Waals surface area contributed by atoms with Gasteiger partial charge in [-0.1, -0.05) is 18.2 Å². The first-order valence-corrected chi connectivity index (χ1v) is 10.7. The zero-order chi connectivity index (χ0) is 23.3. The van der Waals surface area contributed by atoms with Gasteiger partial charge in [-0.3, -0.25) is 14.4 Å². The van der Waals surface area contributed by atoms with Crippen LogP contribution in [0.1, 0.15) is 37.0 Å². The van der Waals surface area contributed by atoms with Crippen molar-refractivity contribution in [3.63, 3.8) is 0 Å². The molecule has 0 aliphatic rings. The third-order valence-corrected chi connectivity index (χ3v) is 4.52. The van der Waals surface area contributed by atoms with E-state index < -0.39 is 0 Å². The van der Waals surface area contributed by atoms with Gasteiger partial charge in [-0.15, -0.1) is 0 Å². The lowest BCUT2D eigenvalue weighted by atomic mass is 10.2. The maximum Gasteiger partial charge on any atom is 0.251 e. The summed E-state index contributed by atoms with van der Waals surface area (Å²) in [6, 6.07) is 14.1. The predicted molar refractivity (Wildman–Crippen MR) is 123 cm³/mol. The third kappa shape index (κ3) is 7.94. The van der Waals surface area contributed by atoms with Gasteiger partial charge in [-0.05, 0) is 44.5 Å². The van der Waals surface area contributed by atoms with Gasteiger partial charge in [0.15, 0.2) is 11.5 Å². The number of carbonyl (C=O) groups excluding carboxylic acids is 3. The van der Waals surface area contributed by atoms with Gasteiger partial charge in [0.1, 0.15) is 0 Å². The van der Waals surface area contributed by atoms with Gasteiger partial charge in [-0.2, -0.15) is 0 Å². The summed E-state index contributed by atoms with van der Waals surface area (Å²) in [5.74, 6) is 0.501. The fraction of sp³-hybridized carbons (Fsp3) is 0.375. The summed E-state index contributed by atoms with van der Waals surface area (Å²) in [6.45, 7) is 5.04. The largest absolute Gasteiger partial charge is 0.490 e. The number of nitrogens with one attached hydrogen (secondary N) is 2. The van der Waals surface area contributed by atoms with Crippen molar-refractivity contribution in [3.05, 3.63) is 54.1 Å². The normalized spacial score (nSPS) is 10.2. The summed E-state index contributed by atoms with van der Waals surface area (Å²) in [5.41, 5.74) is 1.14. The summed E-state index contributed by atoms with van der Waals surface area (Å²) in [6.07, 6.45) is 0.719. The van der Waals surface area contributed by atoms with Gasteiger partial charge in [0, 0.05) is 37.3 Å². The van der Waals surface area contributed by atoms with Crippen LogP contribution in [-0.2, 0) is 9.59 Å². The standard InChI is InChI=1S/C24H31N3O5/c1-4-31-20-14-13-19(16-21(20)32-5-2)26-22(28)17-27(3)23(29)12-9-15-25-24(30)18-10-7-6-8-11-18/h6-8,10-11,13-14,16H,4-5,9,12,15,17H2,1-3H3,(H,25,30)(H,26,28). The molecule has 0 aromatic heterocycles. The van der Waals surface area contributed by atoms with E-state index in [-0.39, 0.29) is 30.7 Å². The quantitative estimate of drug-likeness (QED) is 0.494. The predicted octanol–water partition coefficient (Wildman–Crippen LogP) is 3.09. The molecule has 32 heavy (non-hydrogen) atoms. The maximum atomic E-state index is 12.3. The Morgan fingerprint density at radius 3 is 2.31 bits per heavy atom. The number of amides is 3. The first-order chi connectivity index (χ1) is 15.4. The van der Waals surface area contributed by atoms with Crippen molar-refractivity contribution in [1.82, 2.24) is 10.2 Å². The monoisotopic (exact) mass is 441 g/mol. The zero-order valence-corrected chi connectivity index (χ0v) is 18.8. The van der Waals surface area contributed by atoms with Crippen LogP contribution in [-0.4, -0.2) is 56.0 Å². The number of carbonyl (C=O) groups is 3. The SMILES string of the molecule is CCOc1ccc(NC(=O)CN(C)C(=O)CCCNC(=O)c2ccccc2)cc1OCC. The molecule has 0 aliphatic heterocycles. The summed E-state index contributed by atoms with van der Waals surface area (Å²) >= 11 is 0. The van der Waals surface area contributed by atoms with E-state index in [0.29, 0.717) is 48.9 Å². The molecule has 2 N–H and O–H groups in total. The van der Waals surface area contributed by atoms with Crippen LogP contribution in [0.4, 0.5) is 5.69 Å². The van der Waals surface area contributed by atoms with E-state index in [1.807, 2.05) is 19.9 Å². The highest BCUT2D eigenvalue weighted by molar-refractivity contribution is 5.95. The number of nitrogens with zero attached hydrogens (tertiary/aromatic N) is 1. The van der Waals surface area contributed by atoms with Crippen molar-refractivity contribution < 1.29 is 23.9 Å². The lowest BCUT2D eigenvalue weighted by Gasteiger charge is -2.17.